The maximum absolute atomic E-state index is 12.4. The molecule has 0 saturated carbocycles. The molecule has 3 aromatic carbocycles. The summed E-state index contributed by atoms with van der Waals surface area (Å²) in [7, 11) is 1.63. The van der Waals surface area contributed by atoms with E-state index in [1.54, 1.807) is 7.11 Å². The number of benzene rings is 3. The third-order valence-corrected chi connectivity index (χ3v) is 6.68. The zero-order valence-corrected chi connectivity index (χ0v) is 18.8. The van der Waals surface area contributed by atoms with Crippen LogP contribution in [0.2, 0.25) is 0 Å². The molecule has 1 unspecified atom stereocenters. The molecule has 2 N–H and O–H groups in total. The van der Waals surface area contributed by atoms with Crippen molar-refractivity contribution in [3.05, 3.63) is 72.3 Å². The van der Waals surface area contributed by atoms with Crippen molar-refractivity contribution in [3.63, 3.8) is 0 Å². The smallest absolute Gasteiger partial charge is 0.230 e. The average molecular weight is 451 g/mol. The van der Waals surface area contributed by atoms with Gasteiger partial charge in [-0.3, -0.25) is 4.79 Å². The van der Waals surface area contributed by atoms with E-state index in [9.17, 15) is 4.79 Å². The molecular formula is C23H22N4O2S2. The summed E-state index contributed by atoms with van der Waals surface area (Å²) >= 11 is 2.78. The van der Waals surface area contributed by atoms with Gasteiger partial charge in [0.1, 0.15) is 5.75 Å². The second-order valence-electron chi connectivity index (χ2n) is 6.91. The molecule has 158 valence electrons. The van der Waals surface area contributed by atoms with Gasteiger partial charge in [0, 0.05) is 11.8 Å². The third-order valence-electron chi connectivity index (χ3n) is 4.71. The van der Waals surface area contributed by atoms with Crippen LogP contribution in [0, 0.1) is 0 Å². The van der Waals surface area contributed by atoms with E-state index in [0.717, 1.165) is 21.3 Å². The van der Waals surface area contributed by atoms with Crippen LogP contribution < -0.4 is 15.4 Å². The van der Waals surface area contributed by atoms with E-state index in [0.29, 0.717) is 5.13 Å². The summed E-state index contributed by atoms with van der Waals surface area (Å²) in [6.45, 7) is 1.99. The van der Waals surface area contributed by atoms with Crippen LogP contribution in [-0.2, 0) is 4.79 Å². The summed E-state index contributed by atoms with van der Waals surface area (Å²) in [5, 5.41) is 17.6. The zero-order chi connectivity index (χ0) is 21.6. The van der Waals surface area contributed by atoms with Gasteiger partial charge >= 0.3 is 0 Å². The molecule has 8 heteroatoms. The highest BCUT2D eigenvalue weighted by molar-refractivity contribution is 8.01. The maximum Gasteiger partial charge on any atom is 0.230 e. The van der Waals surface area contributed by atoms with E-state index >= 15 is 0 Å². The number of carbonyl (C=O) groups is 1. The first-order valence-electron chi connectivity index (χ1n) is 9.76. The number of nitrogens with one attached hydrogen (secondary N) is 2. The van der Waals surface area contributed by atoms with Crippen molar-refractivity contribution in [3.8, 4) is 5.75 Å². The number of ether oxygens (including phenoxy) is 1. The van der Waals surface area contributed by atoms with Gasteiger partial charge in [0.25, 0.3) is 0 Å². The van der Waals surface area contributed by atoms with Crippen molar-refractivity contribution >= 4 is 50.6 Å². The number of anilines is 2. The Balaban J connectivity index is 1.30. The third kappa shape index (κ3) is 5.53. The molecule has 1 heterocycles. The first kappa shape index (κ1) is 21.1. The van der Waals surface area contributed by atoms with Crippen LogP contribution in [0.15, 0.2) is 71.1 Å². The predicted molar refractivity (Wildman–Crippen MR) is 127 cm³/mol. The molecule has 0 fully saturated rings. The van der Waals surface area contributed by atoms with Crippen LogP contribution in [0.3, 0.4) is 0 Å². The van der Waals surface area contributed by atoms with E-state index in [4.69, 9.17) is 4.74 Å². The van der Waals surface area contributed by atoms with Crippen molar-refractivity contribution in [2.75, 3.05) is 18.2 Å². The van der Waals surface area contributed by atoms with Gasteiger partial charge in [0.15, 0.2) is 4.34 Å². The molecule has 0 aliphatic carbocycles. The van der Waals surface area contributed by atoms with Crippen LogP contribution in [-0.4, -0.2) is 29.0 Å². The highest BCUT2D eigenvalue weighted by Gasteiger charge is 2.12. The summed E-state index contributed by atoms with van der Waals surface area (Å²) in [6.07, 6.45) is 0. The van der Waals surface area contributed by atoms with E-state index in [-0.39, 0.29) is 17.7 Å². The number of thioether (sulfide) groups is 1. The van der Waals surface area contributed by atoms with Gasteiger partial charge in [0.2, 0.25) is 11.0 Å². The molecule has 1 amide bonds. The summed E-state index contributed by atoms with van der Waals surface area (Å²) in [6, 6.07) is 22.0. The van der Waals surface area contributed by atoms with Crippen molar-refractivity contribution in [1.82, 2.24) is 15.5 Å². The molecule has 6 nitrogen and oxygen atoms in total. The normalized spacial score (nSPS) is 11.8. The van der Waals surface area contributed by atoms with Crippen molar-refractivity contribution in [1.29, 1.82) is 0 Å². The van der Waals surface area contributed by atoms with Gasteiger partial charge in [0.05, 0.1) is 18.9 Å². The van der Waals surface area contributed by atoms with Crippen LogP contribution >= 0.6 is 23.1 Å². The minimum atomic E-state index is -0.0718. The predicted octanol–water partition coefficient (Wildman–Crippen LogP) is 5.41. The summed E-state index contributed by atoms with van der Waals surface area (Å²) in [5.41, 5.74) is 1.95. The number of hydrogen-bond acceptors (Lipinski definition) is 7. The Hall–Kier alpha value is -3.10. The highest BCUT2D eigenvalue weighted by Crippen LogP contribution is 2.29. The van der Waals surface area contributed by atoms with Gasteiger partial charge in [-0.2, -0.15) is 0 Å². The molecule has 0 radical (unpaired) electrons. The summed E-state index contributed by atoms with van der Waals surface area (Å²) in [4.78, 5) is 12.4. The minimum Gasteiger partial charge on any atom is -0.497 e. The quantitative estimate of drug-likeness (QED) is 0.350. The number of amides is 1. The number of methoxy groups -OCH3 is 1. The van der Waals surface area contributed by atoms with Gasteiger partial charge in [-0.25, -0.2) is 0 Å². The molecular weight excluding hydrogens is 428 g/mol. The van der Waals surface area contributed by atoms with Crippen LogP contribution in [0.5, 0.6) is 5.75 Å². The first-order valence-corrected chi connectivity index (χ1v) is 11.6. The SMILES string of the molecule is COc1cccc(Nc2nnc(SCC(=O)NC(C)c3ccc4ccccc4c3)s2)c1. The van der Waals surface area contributed by atoms with Gasteiger partial charge < -0.3 is 15.4 Å². The average Bonchev–Trinajstić information content (AvgIpc) is 3.24. The lowest BCUT2D eigenvalue weighted by Crippen LogP contribution is -2.28. The topological polar surface area (TPSA) is 76.1 Å². The fourth-order valence-corrected chi connectivity index (χ4v) is 4.70. The summed E-state index contributed by atoms with van der Waals surface area (Å²) in [5.74, 6) is 1.01. The second-order valence-corrected chi connectivity index (χ2v) is 9.11. The number of carbonyl (C=O) groups excluding carboxylic acids is 1. The highest BCUT2D eigenvalue weighted by atomic mass is 32.2. The Morgan fingerprint density at radius 2 is 1.90 bits per heavy atom. The van der Waals surface area contributed by atoms with Crippen LogP contribution in [0.25, 0.3) is 10.8 Å². The van der Waals surface area contributed by atoms with Crippen LogP contribution in [0.1, 0.15) is 18.5 Å². The Labute approximate surface area is 189 Å². The molecule has 0 aliphatic heterocycles. The van der Waals surface area contributed by atoms with Crippen molar-refractivity contribution < 1.29 is 9.53 Å². The minimum absolute atomic E-state index is 0.0387. The number of nitrogens with zero attached hydrogens (tertiary/aromatic N) is 2. The monoisotopic (exact) mass is 450 g/mol. The Morgan fingerprint density at radius 3 is 2.74 bits per heavy atom. The van der Waals surface area contributed by atoms with E-state index in [1.165, 1.54) is 33.9 Å². The lowest BCUT2D eigenvalue weighted by atomic mass is 10.0. The van der Waals surface area contributed by atoms with Crippen LogP contribution in [0.4, 0.5) is 10.8 Å². The molecule has 0 bridgehead atoms. The Morgan fingerprint density at radius 1 is 1.06 bits per heavy atom. The lowest BCUT2D eigenvalue weighted by molar-refractivity contribution is -0.119. The summed E-state index contributed by atoms with van der Waals surface area (Å²) < 4.78 is 5.96. The lowest BCUT2D eigenvalue weighted by Gasteiger charge is -2.14. The molecule has 31 heavy (non-hydrogen) atoms. The fraction of sp³-hybridized carbons (Fsp3) is 0.174. The van der Waals surface area contributed by atoms with Crippen molar-refractivity contribution in [2.24, 2.45) is 0 Å². The Bertz CT molecular complexity index is 1190. The Kier molecular flexibility index (Phi) is 6.69. The van der Waals surface area contributed by atoms with E-state index in [1.807, 2.05) is 43.3 Å². The molecule has 0 aliphatic rings. The number of fused-ring (bicyclic) bond motifs is 1. The van der Waals surface area contributed by atoms with E-state index in [2.05, 4.69) is 51.2 Å². The second kappa shape index (κ2) is 9.80. The number of rotatable bonds is 8. The van der Waals surface area contributed by atoms with Gasteiger partial charge in [-0.15, -0.1) is 10.2 Å². The molecule has 1 aromatic heterocycles. The molecule has 4 rings (SSSR count). The number of hydrogen-bond donors (Lipinski definition) is 2. The molecule has 1 atom stereocenters. The maximum atomic E-state index is 12.4. The number of aromatic nitrogens is 2. The largest absolute Gasteiger partial charge is 0.497 e. The molecule has 0 spiro atoms. The fourth-order valence-electron chi connectivity index (χ4n) is 3.11. The first-order chi connectivity index (χ1) is 15.1. The van der Waals surface area contributed by atoms with Gasteiger partial charge in [-0.05, 0) is 41.5 Å². The molecule has 4 aromatic rings. The van der Waals surface area contributed by atoms with Gasteiger partial charge in [-0.1, -0.05) is 65.6 Å². The standard InChI is InChI=1S/C23H22N4O2S2/c1-15(17-11-10-16-6-3-4-7-18(16)12-17)24-21(28)14-30-23-27-26-22(31-23)25-19-8-5-9-20(13-19)29-2/h3-13,15H,14H2,1-2H3,(H,24,28)(H,25,26). The zero-order valence-electron chi connectivity index (χ0n) is 17.2. The molecule has 0 saturated heterocycles. The van der Waals surface area contributed by atoms with E-state index < -0.39 is 0 Å². The van der Waals surface area contributed by atoms with Crippen molar-refractivity contribution in [2.45, 2.75) is 17.3 Å².